The number of aryl methyl sites for hydroxylation is 1. The second kappa shape index (κ2) is 11.2. The van der Waals surface area contributed by atoms with E-state index in [0.717, 1.165) is 28.3 Å². The van der Waals surface area contributed by atoms with Crippen LogP contribution in [0.1, 0.15) is 5.56 Å². The monoisotopic (exact) mass is 498 g/mol. The molecule has 0 radical (unpaired) electrons. The summed E-state index contributed by atoms with van der Waals surface area (Å²) < 4.78 is 36.2. The van der Waals surface area contributed by atoms with Crippen LogP contribution in [0.5, 0.6) is 0 Å². The normalized spacial score (nSPS) is 10.9. The Bertz CT molecular complexity index is 1340. The number of halogens is 1. The minimum absolute atomic E-state index is 0.899. The first-order chi connectivity index (χ1) is 17.3. The van der Waals surface area contributed by atoms with Crippen molar-refractivity contribution in [2.24, 2.45) is 0 Å². The first kappa shape index (κ1) is 25.2. The highest BCUT2D eigenvalue weighted by Gasteiger charge is 2.22. The molecule has 0 amide bonds. The molecule has 0 aliphatic carbocycles. The van der Waals surface area contributed by atoms with Gasteiger partial charge in [-0.3, -0.25) is 0 Å². The van der Waals surface area contributed by atoms with Crippen molar-refractivity contribution in [2.45, 2.75) is 6.92 Å². The molecule has 7 heteroatoms. The molecule has 0 N–H and O–H groups in total. The molecule has 5 aromatic rings. The van der Waals surface area contributed by atoms with Crippen molar-refractivity contribution in [1.29, 1.82) is 0 Å². The fraction of sp³-hybridized carbons (Fsp3) is 0.0345. The molecule has 0 aliphatic rings. The highest BCUT2D eigenvalue weighted by molar-refractivity contribution is 5.74. The van der Waals surface area contributed by atoms with Gasteiger partial charge in [0, 0.05) is 17.2 Å². The van der Waals surface area contributed by atoms with Crippen molar-refractivity contribution in [3.8, 4) is 39.5 Å². The average molecular weight is 499 g/mol. The number of aromatic nitrogens is 2. The van der Waals surface area contributed by atoms with Gasteiger partial charge in [-0.1, -0.05) is 96.6 Å². The van der Waals surface area contributed by atoms with Crippen molar-refractivity contribution in [2.75, 3.05) is 0 Å². The molecule has 36 heavy (non-hydrogen) atoms. The van der Waals surface area contributed by atoms with Crippen molar-refractivity contribution in [3.05, 3.63) is 127 Å². The third-order valence-corrected chi connectivity index (χ3v) is 5.47. The van der Waals surface area contributed by atoms with E-state index in [4.69, 9.17) is 23.6 Å². The van der Waals surface area contributed by atoms with Gasteiger partial charge < -0.3 is 0 Å². The van der Waals surface area contributed by atoms with Crippen molar-refractivity contribution < 1.29 is 33.4 Å². The molecule has 180 valence electrons. The lowest BCUT2D eigenvalue weighted by atomic mass is 9.98. The van der Waals surface area contributed by atoms with Crippen LogP contribution >= 0.6 is 0 Å². The van der Waals surface area contributed by atoms with Gasteiger partial charge in [0.15, 0.2) is 0 Å². The zero-order valence-corrected chi connectivity index (χ0v) is 20.2. The molecule has 2 heterocycles. The predicted molar refractivity (Wildman–Crippen MR) is 127 cm³/mol. The fourth-order valence-corrected chi connectivity index (χ4v) is 3.88. The number of hydrogen-bond acceptors (Lipinski definition) is 5. The van der Waals surface area contributed by atoms with Gasteiger partial charge in [-0.2, -0.15) is 4.57 Å². The molecule has 0 atom stereocenters. The van der Waals surface area contributed by atoms with Crippen LogP contribution in [0.2, 0.25) is 0 Å². The maximum atomic E-state index is 8.49. The van der Waals surface area contributed by atoms with E-state index in [1.165, 1.54) is 16.7 Å². The zero-order chi connectivity index (χ0) is 25.5. The maximum Gasteiger partial charge on any atom is 0.328 e. The molecular formula is C29H23ClN2O4. The Labute approximate surface area is 211 Å². The van der Waals surface area contributed by atoms with Gasteiger partial charge in [-0.05, 0) is 41.2 Å². The summed E-state index contributed by atoms with van der Waals surface area (Å²) in [6.07, 6.45) is 1.85. The zero-order valence-electron chi connectivity index (χ0n) is 19.5. The van der Waals surface area contributed by atoms with E-state index in [1.807, 2.05) is 18.3 Å². The van der Waals surface area contributed by atoms with Crippen LogP contribution in [0.25, 0.3) is 39.5 Å². The second-order valence-corrected chi connectivity index (χ2v) is 8.77. The molecule has 0 fully saturated rings. The topological polar surface area (TPSA) is 109 Å². The standard InChI is InChI=1S/C29H23N2.ClHO4/c1-22-15-17-23(18-16-22)26-20-27(24-10-4-2-5-11-24)31(29-14-8-9-19-30-29)28(21-26)25-12-6-3-7-13-25;2-1(3,4)5/h2-21H,1H3;(H,2,3,4,5)/q+1;/p-1. The minimum Gasteiger partial charge on any atom is -0.222 e. The van der Waals surface area contributed by atoms with Crippen molar-refractivity contribution in [1.82, 2.24) is 4.98 Å². The first-order valence-corrected chi connectivity index (χ1v) is 12.3. The molecule has 0 saturated carbocycles. The van der Waals surface area contributed by atoms with E-state index < -0.39 is 10.2 Å². The summed E-state index contributed by atoms with van der Waals surface area (Å²) in [5.74, 6) is 0.899. The number of nitrogens with zero attached hydrogens (tertiary/aromatic N) is 2. The van der Waals surface area contributed by atoms with Crippen LogP contribution in [0, 0.1) is 17.2 Å². The Hall–Kier alpha value is -3.91. The number of hydrogen-bond donors (Lipinski definition) is 0. The van der Waals surface area contributed by atoms with Gasteiger partial charge in [0.1, 0.15) is 17.6 Å². The second-order valence-electron chi connectivity index (χ2n) is 8.01. The van der Waals surface area contributed by atoms with Crippen molar-refractivity contribution in [3.63, 3.8) is 0 Å². The van der Waals surface area contributed by atoms with Gasteiger partial charge in [0.25, 0.3) is 0 Å². The van der Waals surface area contributed by atoms with Gasteiger partial charge >= 0.3 is 5.82 Å². The summed E-state index contributed by atoms with van der Waals surface area (Å²) >= 11 is 0. The molecule has 6 nitrogen and oxygen atoms in total. The molecular weight excluding hydrogens is 476 g/mol. The first-order valence-electron chi connectivity index (χ1n) is 11.1. The van der Waals surface area contributed by atoms with Gasteiger partial charge in [0.05, 0.1) is 0 Å². The van der Waals surface area contributed by atoms with E-state index in [9.17, 15) is 0 Å². The molecule has 3 aromatic carbocycles. The highest BCUT2D eigenvalue weighted by atomic mass is 35.7. The minimum atomic E-state index is -4.94. The van der Waals surface area contributed by atoms with Gasteiger partial charge in [0.2, 0.25) is 0 Å². The lowest BCUT2D eigenvalue weighted by molar-refractivity contribution is -2.00. The van der Waals surface area contributed by atoms with E-state index in [0.29, 0.717) is 0 Å². The summed E-state index contributed by atoms with van der Waals surface area (Å²) in [7, 11) is -4.94. The fourth-order valence-electron chi connectivity index (χ4n) is 3.88. The molecule has 0 unspecified atom stereocenters. The van der Waals surface area contributed by atoms with Crippen molar-refractivity contribution >= 4 is 0 Å². The smallest absolute Gasteiger partial charge is 0.222 e. The SMILES string of the molecule is Cc1ccc(-c2cc(-c3ccccc3)[n+](-c3ccccn3)c(-c3ccccc3)c2)cc1.[O-][Cl+3]([O-])([O-])[O-]. The van der Waals surface area contributed by atoms with E-state index in [2.05, 4.69) is 115 Å². The predicted octanol–water partition coefficient (Wildman–Crippen LogP) is 1.91. The van der Waals surface area contributed by atoms with Crippen LogP contribution in [0.3, 0.4) is 0 Å². The van der Waals surface area contributed by atoms with E-state index >= 15 is 0 Å². The molecule has 0 saturated heterocycles. The van der Waals surface area contributed by atoms with Gasteiger partial charge in [-0.15, -0.1) is 10.2 Å². The number of pyridine rings is 2. The van der Waals surface area contributed by atoms with Gasteiger partial charge in [-0.25, -0.2) is 18.6 Å². The lowest BCUT2D eigenvalue weighted by Gasteiger charge is -2.17. The molecule has 2 aromatic heterocycles. The maximum absolute atomic E-state index is 8.49. The molecule has 0 bridgehead atoms. The molecule has 0 aliphatic heterocycles. The summed E-state index contributed by atoms with van der Waals surface area (Å²) in [6, 6.07) is 40.4. The highest BCUT2D eigenvalue weighted by Crippen LogP contribution is 2.30. The van der Waals surface area contributed by atoms with Crippen LogP contribution in [0.15, 0.2) is 121 Å². The largest absolute Gasteiger partial charge is 0.328 e. The Morgan fingerprint density at radius 2 is 1.03 bits per heavy atom. The van der Waals surface area contributed by atoms with Crippen LogP contribution in [-0.2, 0) is 0 Å². The summed E-state index contributed by atoms with van der Waals surface area (Å²) in [5, 5.41) is 0. The van der Waals surface area contributed by atoms with Crippen LogP contribution in [-0.4, -0.2) is 4.98 Å². The van der Waals surface area contributed by atoms with E-state index in [1.54, 1.807) is 0 Å². The quantitative estimate of drug-likeness (QED) is 0.352. The van der Waals surface area contributed by atoms with Crippen LogP contribution in [0.4, 0.5) is 0 Å². The van der Waals surface area contributed by atoms with E-state index in [-0.39, 0.29) is 0 Å². The average Bonchev–Trinajstić information content (AvgIpc) is 2.89. The Kier molecular flexibility index (Phi) is 7.85. The number of benzene rings is 3. The summed E-state index contributed by atoms with van der Waals surface area (Å²) in [4.78, 5) is 4.70. The lowest BCUT2D eigenvalue weighted by Crippen LogP contribution is -2.68. The van der Waals surface area contributed by atoms with Crippen LogP contribution < -0.4 is 23.2 Å². The molecule has 5 rings (SSSR count). The summed E-state index contributed by atoms with van der Waals surface area (Å²) in [6.45, 7) is 2.12. The Morgan fingerprint density at radius 1 is 0.556 bits per heavy atom. The summed E-state index contributed by atoms with van der Waals surface area (Å²) in [5.41, 5.74) is 8.17. The Morgan fingerprint density at radius 3 is 1.47 bits per heavy atom. The number of rotatable bonds is 4. The third kappa shape index (κ3) is 6.60. The Balaban J connectivity index is 0.000000556. The molecule has 0 spiro atoms. The third-order valence-electron chi connectivity index (χ3n) is 5.47.